The minimum absolute atomic E-state index is 0.0291. The summed E-state index contributed by atoms with van der Waals surface area (Å²) in [5.74, 6) is -1.94. The lowest BCUT2D eigenvalue weighted by molar-refractivity contribution is -0.137. The second kappa shape index (κ2) is 7.99. The Bertz CT molecular complexity index is 1580. The second-order valence-electron chi connectivity index (χ2n) is 7.58. The van der Waals surface area contributed by atoms with Gasteiger partial charge in [0.2, 0.25) is 0 Å². The number of aromatic nitrogens is 2. The van der Waals surface area contributed by atoms with Crippen molar-refractivity contribution in [1.82, 2.24) is 9.78 Å². The number of nitrogens with zero attached hydrogens (tertiary/aromatic N) is 4. The van der Waals surface area contributed by atoms with Crippen LogP contribution in [0.2, 0.25) is 0 Å². The van der Waals surface area contributed by atoms with Gasteiger partial charge in [0.25, 0.3) is 0 Å². The molecule has 0 N–H and O–H groups in total. The Morgan fingerprint density at radius 1 is 0.914 bits per heavy atom. The van der Waals surface area contributed by atoms with Crippen molar-refractivity contribution in [2.75, 3.05) is 0 Å². The molecule has 4 aromatic rings. The molecule has 1 aliphatic heterocycles. The average molecular weight is 478 g/mol. The molecule has 35 heavy (non-hydrogen) atoms. The van der Waals surface area contributed by atoms with Crippen molar-refractivity contribution >= 4 is 11.7 Å². The van der Waals surface area contributed by atoms with Crippen LogP contribution in [-0.4, -0.2) is 21.5 Å². The van der Waals surface area contributed by atoms with Gasteiger partial charge in [-0.25, -0.2) is 13.6 Å². The summed E-state index contributed by atoms with van der Waals surface area (Å²) in [6, 6.07) is 14.2. The van der Waals surface area contributed by atoms with Gasteiger partial charge in [0.15, 0.2) is 0 Å². The number of benzene rings is 3. The van der Waals surface area contributed by atoms with Gasteiger partial charge in [-0.3, -0.25) is 0 Å². The lowest BCUT2D eigenvalue weighted by Crippen LogP contribution is -2.08. The van der Waals surface area contributed by atoms with Gasteiger partial charge in [-0.15, -0.1) is 0 Å². The van der Waals surface area contributed by atoms with E-state index in [0.29, 0.717) is 17.2 Å². The number of hydrogen-bond acceptors (Lipinski definition) is 3. The first kappa shape index (κ1) is 22.2. The molecule has 0 radical (unpaired) electrons. The SMILES string of the molecule is N#Cc1ccc(C2=NC(=O)n3nc(-c4ccccc4C(F)(F)F)c(-c4ccc(F)cc4F)c32)cc1. The molecule has 0 bridgehead atoms. The number of amides is 1. The van der Waals surface area contributed by atoms with Crippen molar-refractivity contribution in [1.29, 1.82) is 5.26 Å². The van der Waals surface area contributed by atoms with E-state index < -0.39 is 29.4 Å². The zero-order valence-electron chi connectivity index (χ0n) is 17.4. The van der Waals surface area contributed by atoms with Crippen molar-refractivity contribution in [3.8, 4) is 28.5 Å². The van der Waals surface area contributed by atoms with Crippen LogP contribution in [0.1, 0.15) is 22.4 Å². The van der Waals surface area contributed by atoms with Gasteiger partial charge in [-0.1, -0.05) is 30.3 Å². The summed E-state index contributed by atoms with van der Waals surface area (Å²) in [6.07, 6.45) is -4.77. The number of nitriles is 1. The number of hydrogen-bond donors (Lipinski definition) is 0. The van der Waals surface area contributed by atoms with Gasteiger partial charge in [-0.2, -0.15) is 33.2 Å². The van der Waals surface area contributed by atoms with E-state index in [2.05, 4.69) is 10.1 Å². The number of fused-ring (bicyclic) bond motifs is 1. The van der Waals surface area contributed by atoms with E-state index in [1.54, 1.807) is 0 Å². The minimum Gasteiger partial charge on any atom is -0.244 e. The highest BCUT2D eigenvalue weighted by Gasteiger charge is 2.38. The van der Waals surface area contributed by atoms with Crippen LogP contribution in [0.4, 0.5) is 26.7 Å². The summed E-state index contributed by atoms with van der Waals surface area (Å²) in [6.45, 7) is 0. The molecular weight excluding hydrogens is 467 g/mol. The molecule has 10 heteroatoms. The molecule has 5 nitrogen and oxygen atoms in total. The molecule has 1 aliphatic rings. The summed E-state index contributed by atoms with van der Waals surface area (Å²) in [4.78, 5) is 16.7. The number of alkyl halides is 3. The number of aliphatic imine (C=N–C) groups is 1. The summed E-state index contributed by atoms with van der Waals surface area (Å²) in [5.41, 5.74) is -1.46. The van der Waals surface area contributed by atoms with Gasteiger partial charge in [-0.05, 0) is 30.3 Å². The Morgan fingerprint density at radius 3 is 2.29 bits per heavy atom. The van der Waals surface area contributed by atoms with Crippen LogP contribution >= 0.6 is 0 Å². The topological polar surface area (TPSA) is 71.0 Å². The molecule has 0 atom stereocenters. The Labute approximate surface area is 194 Å². The lowest BCUT2D eigenvalue weighted by Gasteiger charge is -2.13. The highest BCUT2D eigenvalue weighted by atomic mass is 19.4. The number of carbonyl (C=O) groups excluding carboxylic acids is 1. The minimum atomic E-state index is -4.77. The maximum Gasteiger partial charge on any atom is 0.417 e. The van der Waals surface area contributed by atoms with Crippen molar-refractivity contribution in [2.45, 2.75) is 6.18 Å². The third-order valence-corrected chi connectivity index (χ3v) is 5.47. The van der Waals surface area contributed by atoms with E-state index in [9.17, 15) is 26.7 Å². The Balaban J connectivity index is 1.84. The lowest BCUT2D eigenvalue weighted by atomic mass is 9.92. The Morgan fingerprint density at radius 2 is 1.63 bits per heavy atom. The van der Waals surface area contributed by atoms with Crippen LogP contribution in [0.15, 0.2) is 71.7 Å². The largest absolute Gasteiger partial charge is 0.417 e. The standard InChI is InChI=1S/C25H11F5N4O/c26-15-9-10-17(19(27)11-15)20-22(16-3-1-2-4-18(16)25(28,29)30)33-34-23(20)21(32-24(34)35)14-7-5-13(12-31)6-8-14/h1-11H. The molecule has 0 saturated heterocycles. The maximum absolute atomic E-state index is 15.0. The van der Waals surface area contributed by atoms with Crippen LogP contribution in [0, 0.1) is 23.0 Å². The van der Waals surface area contributed by atoms with E-state index in [1.165, 1.54) is 36.4 Å². The zero-order valence-corrected chi connectivity index (χ0v) is 17.4. The van der Waals surface area contributed by atoms with Gasteiger partial charge < -0.3 is 0 Å². The summed E-state index contributed by atoms with van der Waals surface area (Å²) < 4.78 is 70.9. The summed E-state index contributed by atoms with van der Waals surface area (Å²) in [5, 5.41) is 13.2. The van der Waals surface area contributed by atoms with Crippen LogP contribution in [0.25, 0.3) is 22.4 Å². The molecule has 0 spiro atoms. The molecule has 0 fully saturated rings. The normalized spacial score (nSPS) is 12.9. The first-order valence-electron chi connectivity index (χ1n) is 10.1. The first-order chi connectivity index (χ1) is 16.7. The molecule has 172 valence electrons. The third kappa shape index (κ3) is 3.67. The fourth-order valence-electron chi connectivity index (χ4n) is 3.95. The number of halogens is 5. The predicted molar refractivity (Wildman–Crippen MR) is 116 cm³/mol. The maximum atomic E-state index is 15.0. The highest BCUT2D eigenvalue weighted by molar-refractivity contribution is 6.24. The fourth-order valence-corrected chi connectivity index (χ4v) is 3.95. The van der Waals surface area contributed by atoms with Gasteiger partial charge >= 0.3 is 12.2 Å². The van der Waals surface area contributed by atoms with E-state index in [1.807, 2.05) is 6.07 Å². The van der Waals surface area contributed by atoms with E-state index in [0.717, 1.165) is 28.9 Å². The monoisotopic (exact) mass is 478 g/mol. The van der Waals surface area contributed by atoms with Crippen LogP contribution in [0.5, 0.6) is 0 Å². The molecule has 0 unspecified atom stereocenters. The van der Waals surface area contributed by atoms with Gasteiger partial charge in [0.05, 0.1) is 17.2 Å². The molecule has 2 heterocycles. The van der Waals surface area contributed by atoms with E-state index >= 15 is 0 Å². The van der Waals surface area contributed by atoms with Gasteiger partial charge in [0.1, 0.15) is 28.7 Å². The molecule has 1 amide bonds. The molecule has 5 rings (SSSR count). The Hall–Kier alpha value is -4.65. The quantitative estimate of drug-likeness (QED) is 0.329. The van der Waals surface area contributed by atoms with Crippen molar-refractivity contribution < 1.29 is 26.7 Å². The Kier molecular flexibility index (Phi) is 5.06. The zero-order chi connectivity index (χ0) is 24.9. The molecule has 1 aromatic heterocycles. The molecular formula is C25H11F5N4O. The first-order valence-corrected chi connectivity index (χ1v) is 10.1. The summed E-state index contributed by atoms with van der Waals surface area (Å²) >= 11 is 0. The van der Waals surface area contributed by atoms with Crippen LogP contribution < -0.4 is 0 Å². The van der Waals surface area contributed by atoms with Crippen molar-refractivity contribution in [3.05, 3.63) is 101 Å². The molecule has 0 saturated carbocycles. The molecule has 0 aliphatic carbocycles. The second-order valence-corrected chi connectivity index (χ2v) is 7.58. The third-order valence-electron chi connectivity index (χ3n) is 5.47. The smallest absolute Gasteiger partial charge is 0.244 e. The van der Waals surface area contributed by atoms with E-state index in [-0.39, 0.29) is 33.8 Å². The highest BCUT2D eigenvalue weighted by Crippen LogP contribution is 2.43. The predicted octanol–water partition coefficient (Wildman–Crippen LogP) is 6.20. The van der Waals surface area contributed by atoms with E-state index in [4.69, 9.17) is 5.26 Å². The number of carbonyl (C=O) groups is 1. The van der Waals surface area contributed by atoms with Gasteiger partial charge in [0, 0.05) is 28.3 Å². The average Bonchev–Trinajstić information content (AvgIpc) is 3.36. The molecule has 3 aromatic carbocycles. The summed E-state index contributed by atoms with van der Waals surface area (Å²) in [7, 11) is 0. The number of rotatable bonds is 3. The van der Waals surface area contributed by atoms with Crippen molar-refractivity contribution in [2.24, 2.45) is 4.99 Å². The van der Waals surface area contributed by atoms with Crippen molar-refractivity contribution in [3.63, 3.8) is 0 Å². The fraction of sp³-hybridized carbons (Fsp3) is 0.0400. The van der Waals surface area contributed by atoms with Crippen LogP contribution in [0.3, 0.4) is 0 Å². The van der Waals surface area contributed by atoms with Crippen LogP contribution in [-0.2, 0) is 6.18 Å².